The van der Waals surface area contributed by atoms with Gasteiger partial charge in [0.25, 0.3) is 0 Å². The Morgan fingerprint density at radius 3 is 2.67 bits per heavy atom. The number of methoxy groups -OCH3 is 1. The highest BCUT2D eigenvalue weighted by atomic mass is 16.5. The quantitative estimate of drug-likeness (QED) is 0.762. The minimum absolute atomic E-state index is 0.702. The fourth-order valence-electron chi connectivity index (χ4n) is 1.86. The van der Waals surface area contributed by atoms with Crippen LogP contribution in [-0.4, -0.2) is 18.4 Å². The van der Waals surface area contributed by atoms with Gasteiger partial charge in [0.2, 0.25) is 0 Å². The van der Waals surface area contributed by atoms with Gasteiger partial charge in [0.15, 0.2) is 6.29 Å². The molecule has 0 aliphatic heterocycles. The summed E-state index contributed by atoms with van der Waals surface area (Å²) in [6.45, 7) is 3.99. The Morgan fingerprint density at radius 1 is 1.33 bits per heavy atom. The lowest BCUT2D eigenvalue weighted by Gasteiger charge is -2.03. The second-order valence-corrected chi connectivity index (χ2v) is 3.60. The number of H-pyrrole nitrogens is 1. The second kappa shape index (κ2) is 3.42. The van der Waals surface area contributed by atoms with Crippen LogP contribution in [0.25, 0.3) is 10.9 Å². The van der Waals surface area contributed by atoms with Gasteiger partial charge in [-0.2, -0.15) is 0 Å². The maximum Gasteiger partial charge on any atom is 0.150 e. The lowest BCUT2D eigenvalue weighted by Crippen LogP contribution is -1.88. The Balaban J connectivity index is 2.92. The first-order chi connectivity index (χ1) is 7.19. The average molecular weight is 203 g/mol. The van der Waals surface area contributed by atoms with Crippen LogP contribution < -0.4 is 4.74 Å². The number of carbonyl (C=O) groups excluding carboxylic acids is 1. The maximum atomic E-state index is 10.9. The van der Waals surface area contributed by atoms with E-state index >= 15 is 0 Å². The highest BCUT2D eigenvalue weighted by Gasteiger charge is 2.12. The number of fused-ring (bicyclic) bond motifs is 1. The Kier molecular flexibility index (Phi) is 2.23. The van der Waals surface area contributed by atoms with Gasteiger partial charge in [-0.05, 0) is 31.5 Å². The molecule has 3 nitrogen and oxygen atoms in total. The molecule has 1 aromatic heterocycles. The number of hydrogen-bond acceptors (Lipinski definition) is 2. The Hall–Kier alpha value is -1.77. The number of aryl methyl sites for hydroxylation is 2. The molecular weight excluding hydrogens is 190 g/mol. The van der Waals surface area contributed by atoms with Gasteiger partial charge < -0.3 is 9.72 Å². The van der Waals surface area contributed by atoms with Crippen LogP contribution in [0.2, 0.25) is 0 Å². The Morgan fingerprint density at radius 2 is 2.07 bits per heavy atom. The van der Waals surface area contributed by atoms with Gasteiger partial charge in [-0.1, -0.05) is 0 Å². The lowest BCUT2D eigenvalue weighted by molar-refractivity contribution is 0.112. The number of aldehydes is 1. The zero-order valence-electron chi connectivity index (χ0n) is 9.05. The molecule has 0 unspecified atom stereocenters. The molecule has 1 heterocycles. The molecule has 1 N–H and O–H groups in total. The van der Waals surface area contributed by atoms with E-state index in [9.17, 15) is 4.79 Å². The van der Waals surface area contributed by atoms with Crippen molar-refractivity contribution < 1.29 is 9.53 Å². The third kappa shape index (κ3) is 1.31. The molecule has 0 radical (unpaired) electrons. The molecule has 2 aromatic rings. The summed E-state index contributed by atoms with van der Waals surface area (Å²) in [5, 5.41) is 0.960. The van der Waals surface area contributed by atoms with E-state index in [2.05, 4.69) is 4.98 Å². The second-order valence-electron chi connectivity index (χ2n) is 3.60. The van der Waals surface area contributed by atoms with Crippen molar-refractivity contribution in [1.82, 2.24) is 4.98 Å². The number of benzene rings is 1. The van der Waals surface area contributed by atoms with E-state index in [-0.39, 0.29) is 0 Å². The van der Waals surface area contributed by atoms with E-state index in [1.54, 1.807) is 19.2 Å². The van der Waals surface area contributed by atoms with Gasteiger partial charge in [0.05, 0.1) is 12.6 Å². The van der Waals surface area contributed by atoms with E-state index in [4.69, 9.17) is 4.74 Å². The third-order valence-corrected chi connectivity index (χ3v) is 2.80. The third-order valence-electron chi connectivity index (χ3n) is 2.80. The van der Waals surface area contributed by atoms with Crippen molar-refractivity contribution in [3.63, 3.8) is 0 Å². The zero-order chi connectivity index (χ0) is 11.0. The summed E-state index contributed by atoms with van der Waals surface area (Å²) >= 11 is 0. The van der Waals surface area contributed by atoms with Gasteiger partial charge in [-0.15, -0.1) is 0 Å². The average Bonchev–Trinajstić information content (AvgIpc) is 2.55. The van der Waals surface area contributed by atoms with E-state index in [1.165, 1.54) is 0 Å². The van der Waals surface area contributed by atoms with Gasteiger partial charge in [-0.25, -0.2) is 0 Å². The molecule has 15 heavy (non-hydrogen) atoms. The fourth-order valence-corrected chi connectivity index (χ4v) is 1.86. The highest BCUT2D eigenvalue weighted by molar-refractivity contribution is 6.02. The summed E-state index contributed by atoms with van der Waals surface area (Å²) in [4.78, 5) is 14.2. The molecule has 0 fully saturated rings. The molecule has 3 heteroatoms. The number of aromatic amines is 1. The summed E-state index contributed by atoms with van der Waals surface area (Å²) in [6, 6.07) is 3.59. The summed E-state index contributed by atoms with van der Waals surface area (Å²) in [7, 11) is 1.63. The zero-order valence-corrected chi connectivity index (χ0v) is 9.05. The van der Waals surface area contributed by atoms with Crippen LogP contribution >= 0.6 is 0 Å². The van der Waals surface area contributed by atoms with Crippen LogP contribution in [0.5, 0.6) is 5.75 Å². The highest BCUT2D eigenvalue weighted by Crippen LogP contribution is 2.31. The number of rotatable bonds is 2. The first-order valence-electron chi connectivity index (χ1n) is 4.80. The molecule has 0 amide bonds. The predicted octanol–water partition coefficient (Wildman–Crippen LogP) is 2.61. The molecular formula is C12H13NO2. The minimum atomic E-state index is 0.702. The largest absolute Gasteiger partial charge is 0.495 e. The molecule has 0 aliphatic carbocycles. The number of ether oxygens (including phenoxy) is 1. The summed E-state index contributed by atoms with van der Waals surface area (Å²) in [6.07, 6.45) is 0.877. The molecule has 0 atom stereocenters. The molecule has 1 aromatic carbocycles. The van der Waals surface area contributed by atoms with Crippen molar-refractivity contribution in [3.8, 4) is 5.75 Å². The Bertz CT molecular complexity index is 526. The molecule has 0 bridgehead atoms. The number of nitrogens with one attached hydrogen (secondary N) is 1. The predicted molar refractivity (Wildman–Crippen MR) is 59.7 cm³/mol. The van der Waals surface area contributed by atoms with Crippen LogP contribution in [0.3, 0.4) is 0 Å². The van der Waals surface area contributed by atoms with Gasteiger partial charge >= 0.3 is 0 Å². The minimum Gasteiger partial charge on any atom is -0.495 e. The maximum absolute atomic E-state index is 10.9. The smallest absolute Gasteiger partial charge is 0.150 e. The van der Waals surface area contributed by atoms with Crippen molar-refractivity contribution in [2.24, 2.45) is 0 Å². The summed E-state index contributed by atoms with van der Waals surface area (Å²) in [5.74, 6) is 0.770. The van der Waals surface area contributed by atoms with E-state index < -0.39 is 0 Å². The first-order valence-corrected chi connectivity index (χ1v) is 4.80. The van der Waals surface area contributed by atoms with E-state index in [1.807, 2.05) is 13.8 Å². The number of carbonyl (C=O) groups is 1. The summed E-state index contributed by atoms with van der Waals surface area (Å²) < 4.78 is 5.25. The first kappa shape index (κ1) is 9.77. The lowest BCUT2D eigenvalue weighted by atomic mass is 10.1. The normalized spacial score (nSPS) is 10.6. The number of hydrogen-bond donors (Lipinski definition) is 1. The molecule has 0 spiro atoms. The van der Waals surface area contributed by atoms with E-state index in [0.29, 0.717) is 5.56 Å². The van der Waals surface area contributed by atoms with Crippen molar-refractivity contribution >= 4 is 17.2 Å². The SMILES string of the molecule is COc1ccc(C=O)c2c(C)c(C)[nH]c12. The molecule has 78 valence electrons. The van der Waals surface area contributed by atoms with Gasteiger partial charge in [-0.3, -0.25) is 4.79 Å². The van der Waals surface area contributed by atoms with Crippen LogP contribution in [0, 0.1) is 13.8 Å². The summed E-state index contributed by atoms with van der Waals surface area (Å²) in [5.41, 5.74) is 3.77. The van der Waals surface area contributed by atoms with Crippen LogP contribution in [0.4, 0.5) is 0 Å². The molecule has 0 saturated heterocycles. The topological polar surface area (TPSA) is 42.1 Å². The van der Waals surface area contributed by atoms with Crippen molar-refractivity contribution in [2.75, 3.05) is 7.11 Å². The van der Waals surface area contributed by atoms with Crippen LogP contribution in [0.15, 0.2) is 12.1 Å². The molecule has 0 aliphatic rings. The van der Waals surface area contributed by atoms with E-state index in [0.717, 1.165) is 34.2 Å². The number of aromatic nitrogens is 1. The fraction of sp³-hybridized carbons (Fsp3) is 0.250. The van der Waals surface area contributed by atoms with Crippen molar-refractivity contribution in [3.05, 3.63) is 29.0 Å². The van der Waals surface area contributed by atoms with Crippen LogP contribution in [0.1, 0.15) is 21.6 Å². The van der Waals surface area contributed by atoms with Crippen molar-refractivity contribution in [1.29, 1.82) is 0 Å². The molecule has 2 rings (SSSR count). The Labute approximate surface area is 88.1 Å². The van der Waals surface area contributed by atoms with Gasteiger partial charge in [0, 0.05) is 16.6 Å². The monoisotopic (exact) mass is 203 g/mol. The van der Waals surface area contributed by atoms with Gasteiger partial charge in [0.1, 0.15) is 5.75 Å². The van der Waals surface area contributed by atoms with Crippen LogP contribution in [-0.2, 0) is 0 Å². The standard InChI is InChI=1S/C12H13NO2/c1-7-8(2)13-12-10(15-3)5-4-9(6-14)11(7)12/h4-6,13H,1-3H3. The van der Waals surface area contributed by atoms with Crippen molar-refractivity contribution in [2.45, 2.75) is 13.8 Å². The molecule has 0 saturated carbocycles.